The van der Waals surface area contributed by atoms with Crippen molar-refractivity contribution in [3.8, 4) is 5.75 Å². The van der Waals surface area contributed by atoms with Gasteiger partial charge in [0.25, 0.3) is 5.91 Å². The lowest BCUT2D eigenvalue weighted by atomic mass is 10.1. The van der Waals surface area contributed by atoms with E-state index in [-0.39, 0.29) is 24.3 Å². The van der Waals surface area contributed by atoms with Gasteiger partial charge in [-0.05, 0) is 31.4 Å². The maximum absolute atomic E-state index is 12.8. The molecule has 2 rings (SSSR count). The van der Waals surface area contributed by atoms with Crippen LogP contribution in [-0.2, 0) is 9.59 Å². The minimum Gasteiger partial charge on any atom is -0.480 e. The smallest absolute Gasteiger partial charge is 0.387 e. The summed E-state index contributed by atoms with van der Waals surface area (Å²) in [5.41, 5.74) is -0.0687. The first-order valence-electron chi connectivity index (χ1n) is 8.73. The molecule has 1 aliphatic heterocycles. The van der Waals surface area contributed by atoms with Gasteiger partial charge in [0.1, 0.15) is 17.8 Å². The highest BCUT2D eigenvalue weighted by Gasteiger charge is 2.37. The topological polar surface area (TPSA) is 95.9 Å². The summed E-state index contributed by atoms with van der Waals surface area (Å²) in [6.45, 7) is -1.01. The second kappa shape index (κ2) is 9.29. The Kier molecular flexibility index (Phi) is 7.09. The molecule has 0 saturated carbocycles. The number of ether oxygens (including phenoxy) is 1. The molecule has 0 aromatic heterocycles. The van der Waals surface area contributed by atoms with Gasteiger partial charge in [-0.3, -0.25) is 9.59 Å². The molecule has 0 aliphatic carbocycles. The number of carboxylic acids is 1. The highest BCUT2D eigenvalue weighted by molar-refractivity contribution is 6.00. The first-order chi connectivity index (χ1) is 12.8. The quantitative estimate of drug-likeness (QED) is 0.717. The second-order valence-corrected chi connectivity index (χ2v) is 6.22. The summed E-state index contributed by atoms with van der Waals surface area (Å²) in [6, 6.07) is 3.70. The lowest BCUT2D eigenvalue weighted by Crippen LogP contribution is -2.50. The van der Waals surface area contributed by atoms with E-state index in [0.717, 1.165) is 0 Å². The molecule has 148 valence electrons. The zero-order valence-corrected chi connectivity index (χ0v) is 14.9. The monoisotopic (exact) mass is 384 g/mol. The van der Waals surface area contributed by atoms with E-state index < -0.39 is 36.5 Å². The van der Waals surface area contributed by atoms with Gasteiger partial charge in [0.15, 0.2) is 0 Å². The number of rotatable bonds is 8. The van der Waals surface area contributed by atoms with Crippen LogP contribution in [0.3, 0.4) is 0 Å². The number of para-hydroxylation sites is 1. The molecule has 7 nitrogen and oxygen atoms in total. The Balaban J connectivity index is 2.17. The van der Waals surface area contributed by atoms with Crippen molar-refractivity contribution in [2.75, 3.05) is 6.54 Å². The molecule has 27 heavy (non-hydrogen) atoms. The first kappa shape index (κ1) is 20.6. The third kappa shape index (κ3) is 5.15. The van der Waals surface area contributed by atoms with Gasteiger partial charge in [0.2, 0.25) is 5.91 Å². The number of likely N-dealkylation sites (tertiary alicyclic amines) is 1. The van der Waals surface area contributed by atoms with Gasteiger partial charge in [-0.2, -0.15) is 8.78 Å². The highest BCUT2D eigenvalue weighted by atomic mass is 19.3. The van der Waals surface area contributed by atoms with Crippen LogP contribution in [0.1, 0.15) is 43.0 Å². The summed E-state index contributed by atoms with van der Waals surface area (Å²) in [6.07, 6.45) is 1.76. The van der Waals surface area contributed by atoms with Gasteiger partial charge in [0.05, 0.1) is 5.56 Å². The van der Waals surface area contributed by atoms with Crippen LogP contribution in [0.4, 0.5) is 8.78 Å². The number of nitrogens with zero attached hydrogens (tertiary/aromatic N) is 1. The van der Waals surface area contributed by atoms with Gasteiger partial charge in [0, 0.05) is 6.54 Å². The third-order valence-corrected chi connectivity index (χ3v) is 4.34. The molecule has 0 radical (unpaired) electrons. The van der Waals surface area contributed by atoms with E-state index in [1.165, 1.54) is 29.2 Å². The molecular weight excluding hydrogens is 362 g/mol. The number of hydrogen-bond donors (Lipinski definition) is 2. The van der Waals surface area contributed by atoms with Crippen LogP contribution in [0.2, 0.25) is 0 Å². The maximum Gasteiger partial charge on any atom is 0.387 e. The van der Waals surface area contributed by atoms with Crippen molar-refractivity contribution in [3.05, 3.63) is 29.8 Å². The van der Waals surface area contributed by atoms with E-state index in [4.69, 9.17) is 0 Å². The van der Waals surface area contributed by atoms with Crippen molar-refractivity contribution < 1.29 is 33.0 Å². The Morgan fingerprint density at radius 2 is 2.04 bits per heavy atom. The fraction of sp³-hybridized carbons (Fsp3) is 0.500. The van der Waals surface area contributed by atoms with Crippen molar-refractivity contribution in [2.24, 2.45) is 0 Å². The molecule has 1 fully saturated rings. The van der Waals surface area contributed by atoms with Crippen LogP contribution in [0, 0.1) is 0 Å². The minimum atomic E-state index is -3.08. The number of benzene rings is 1. The second-order valence-electron chi connectivity index (χ2n) is 6.22. The number of halogens is 2. The van der Waals surface area contributed by atoms with E-state index in [9.17, 15) is 28.3 Å². The number of amides is 2. The Morgan fingerprint density at radius 1 is 1.33 bits per heavy atom. The van der Waals surface area contributed by atoms with Crippen LogP contribution < -0.4 is 10.1 Å². The number of carboxylic acid groups (broad SMARTS) is 1. The van der Waals surface area contributed by atoms with E-state index in [1.54, 1.807) is 6.92 Å². The number of aliphatic carboxylic acids is 1. The zero-order valence-electron chi connectivity index (χ0n) is 14.9. The zero-order chi connectivity index (χ0) is 20.0. The van der Waals surface area contributed by atoms with Gasteiger partial charge >= 0.3 is 12.6 Å². The standard InChI is InChI=1S/C18H22F2N2O5/c1-2-6-12(17(25)26)21-15(23)13-8-5-10-22(13)16(24)11-7-3-4-9-14(11)27-18(19)20/h3-4,7,9,12-13,18H,2,5-6,8,10H2,1H3,(H,21,23)(H,25,26). The molecule has 2 N–H and O–H groups in total. The highest BCUT2D eigenvalue weighted by Crippen LogP contribution is 2.26. The molecule has 9 heteroatoms. The molecule has 1 saturated heterocycles. The lowest BCUT2D eigenvalue weighted by molar-refractivity contribution is -0.142. The van der Waals surface area contributed by atoms with Crippen LogP contribution in [-0.4, -0.2) is 53.0 Å². The first-order valence-corrected chi connectivity index (χ1v) is 8.73. The van der Waals surface area contributed by atoms with Crippen molar-refractivity contribution in [3.63, 3.8) is 0 Å². The van der Waals surface area contributed by atoms with Crippen LogP contribution in [0.25, 0.3) is 0 Å². The van der Waals surface area contributed by atoms with E-state index in [2.05, 4.69) is 10.1 Å². The number of alkyl halides is 2. The summed E-state index contributed by atoms with van der Waals surface area (Å²) in [5, 5.41) is 11.6. The summed E-state index contributed by atoms with van der Waals surface area (Å²) in [4.78, 5) is 37.9. The molecule has 0 spiro atoms. The van der Waals surface area contributed by atoms with Gasteiger partial charge in [-0.15, -0.1) is 0 Å². The summed E-state index contributed by atoms with van der Waals surface area (Å²) in [7, 11) is 0. The molecule has 1 aromatic carbocycles. The Hall–Kier alpha value is -2.71. The molecule has 1 aromatic rings. The van der Waals surface area contributed by atoms with Crippen molar-refractivity contribution >= 4 is 17.8 Å². The van der Waals surface area contributed by atoms with E-state index in [1.807, 2.05) is 0 Å². The molecule has 0 bridgehead atoms. The van der Waals surface area contributed by atoms with Gasteiger partial charge in [-0.25, -0.2) is 4.79 Å². The van der Waals surface area contributed by atoms with Crippen molar-refractivity contribution in [1.29, 1.82) is 0 Å². The summed E-state index contributed by atoms with van der Waals surface area (Å²) >= 11 is 0. The fourth-order valence-electron chi connectivity index (χ4n) is 3.09. The Morgan fingerprint density at radius 3 is 2.67 bits per heavy atom. The molecule has 2 atom stereocenters. The maximum atomic E-state index is 12.8. The Bertz CT molecular complexity index is 698. The molecule has 1 aliphatic rings. The van der Waals surface area contributed by atoms with Crippen molar-refractivity contribution in [1.82, 2.24) is 10.2 Å². The number of carbonyl (C=O) groups excluding carboxylic acids is 2. The fourth-order valence-corrected chi connectivity index (χ4v) is 3.09. The van der Waals surface area contributed by atoms with E-state index >= 15 is 0 Å². The number of hydrogen-bond acceptors (Lipinski definition) is 4. The van der Waals surface area contributed by atoms with Crippen LogP contribution >= 0.6 is 0 Å². The largest absolute Gasteiger partial charge is 0.480 e. The SMILES string of the molecule is CCCC(NC(=O)C1CCCN1C(=O)c1ccccc1OC(F)F)C(=O)O. The predicted octanol–water partition coefficient (Wildman–Crippen LogP) is 2.26. The molecule has 1 heterocycles. The van der Waals surface area contributed by atoms with Gasteiger partial charge < -0.3 is 20.1 Å². The molecule has 2 amide bonds. The van der Waals surface area contributed by atoms with Crippen LogP contribution in [0.15, 0.2) is 24.3 Å². The minimum absolute atomic E-state index is 0.0687. The average Bonchev–Trinajstić information content (AvgIpc) is 3.10. The lowest BCUT2D eigenvalue weighted by Gasteiger charge is -2.26. The van der Waals surface area contributed by atoms with Crippen LogP contribution in [0.5, 0.6) is 5.75 Å². The molecule has 2 unspecified atom stereocenters. The average molecular weight is 384 g/mol. The van der Waals surface area contributed by atoms with E-state index in [0.29, 0.717) is 19.3 Å². The predicted molar refractivity (Wildman–Crippen MR) is 91.6 cm³/mol. The Labute approximate surface area is 155 Å². The van der Waals surface area contributed by atoms with Crippen molar-refractivity contribution in [2.45, 2.75) is 51.3 Å². The summed E-state index contributed by atoms with van der Waals surface area (Å²) in [5.74, 6) is -2.57. The molecular formula is C18H22F2N2O5. The number of carbonyl (C=O) groups is 3. The normalized spacial score (nSPS) is 17.6. The van der Waals surface area contributed by atoms with Gasteiger partial charge in [-0.1, -0.05) is 25.5 Å². The third-order valence-electron chi connectivity index (χ3n) is 4.34. The number of nitrogens with one attached hydrogen (secondary N) is 1. The summed E-state index contributed by atoms with van der Waals surface area (Å²) < 4.78 is 29.5.